The summed E-state index contributed by atoms with van der Waals surface area (Å²) in [5.74, 6) is -1.22. The molecule has 502 valence electrons. The lowest BCUT2D eigenvalue weighted by Crippen LogP contribution is -2.61. The number of nitrogens with one attached hydrogen (secondary N) is 1. The lowest BCUT2D eigenvalue weighted by molar-refractivity contribution is -0.305. The van der Waals surface area contributed by atoms with Crippen LogP contribution in [0.5, 0.6) is 0 Å². The Bertz CT molecular complexity index is 1790. The third kappa shape index (κ3) is 50.0. The first kappa shape index (κ1) is 81.6. The van der Waals surface area contributed by atoms with Crippen molar-refractivity contribution in [3.05, 3.63) is 97.2 Å². The van der Waals surface area contributed by atoms with Gasteiger partial charge in [0.05, 0.1) is 25.4 Å². The fourth-order valence-electron chi connectivity index (χ4n) is 10.8. The van der Waals surface area contributed by atoms with Crippen molar-refractivity contribution < 1.29 is 49.3 Å². The molecule has 0 radical (unpaired) electrons. The molecular formula is C76H133NO10. The molecule has 0 spiro atoms. The van der Waals surface area contributed by atoms with E-state index in [4.69, 9.17) is 14.2 Å². The van der Waals surface area contributed by atoms with Crippen LogP contribution in [0.4, 0.5) is 0 Å². The van der Waals surface area contributed by atoms with Gasteiger partial charge in [-0.25, -0.2) is 0 Å². The van der Waals surface area contributed by atoms with Crippen molar-refractivity contribution >= 4 is 11.9 Å². The van der Waals surface area contributed by atoms with E-state index in [1.54, 1.807) is 6.08 Å². The molecule has 0 aliphatic carbocycles. The molecule has 0 aromatic heterocycles. The number of hydrogen-bond donors (Lipinski definition) is 6. The molecule has 11 heteroatoms. The van der Waals surface area contributed by atoms with Crippen LogP contribution in [0, 0.1) is 0 Å². The van der Waals surface area contributed by atoms with Gasteiger partial charge >= 0.3 is 5.97 Å². The molecule has 11 nitrogen and oxygen atoms in total. The van der Waals surface area contributed by atoms with Gasteiger partial charge in [-0.05, 0) is 103 Å². The number of hydrogen-bond acceptors (Lipinski definition) is 10. The Labute approximate surface area is 533 Å². The minimum atomic E-state index is -1.63. The second-order valence-corrected chi connectivity index (χ2v) is 24.6. The maximum Gasteiger partial charge on any atom is 0.306 e. The molecule has 1 rings (SSSR count). The van der Waals surface area contributed by atoms with Gasteiger partial charge in [0, 0.05) is 6.42 Å². The predicted octanol–water partition coefficient (Wildman–Crippen LogP) is 18.6. The zero-order valence-electron chi connectivity index (χ0n) is 55.9. The van der Waals surface area contributed by atoms with Gasteiger partial charge in [-0.3, -0.25) is 9.59 Å². The van der Waals surface area contributed by atoms with Gasteiger partial charge in [-0.1, -0.05) is 298 Å². The molecule has 0 aromatic carbocycles. The van der Waals surface area contributed by atoms with Crippen molar-refractivity contribution in [2.75, 3.05) is 13.2 Å². The van der Waals surface area contributed by atoms with E-state index in [9.17, 15) is 35.1 Å². The lowest BCUT2D eigenvalue weighted by Gasteiger charge is -2.41. The number of unbranched alkanes of at least 4 members (excludes halogenated alkanes) is 33. The van der Waals surface area contributed by atoms with Crippen molar-refractivity contribution in [1.29, 1.82) is 0 Å². The Morgan fingerprint density at radius 1 is 0.460 bits per heavy atom. The zero-order valence-corrected chi connectivity index (χ0v) is 55.9. The maximum absolute atomic E-state index is 13.5. The summed E-state index contributed by atoms with van der Waals surface area (Å²) in [4.78, 5) is 26.7. The van der Waals surface area contributed by atoms with Gasteiger partial charge in [-0.2, -0.15) is 0 Å². The Kier molecular flexibility index (Phi) is 58.9. The molecule has 0 aromatic rings. The van der Waals surface area contributed by atoms with E-state index in [0.29, 0.717) is 12.8 Å². The molecule has 1 aliphatic heterocycles. The smallest absolute Gasteiger partial charge is 0.306 e. The molecule has 1 aliphatic rings. The highest BCUT2D eigenvalue weighted by molar-refractivity contribution is 5.80. The fraction of sp³-hybridized carbons (Fsp3) is 0.763. The monoisotopic (exact) mass is 1220 g/mol. The number of aliphatic hydroxyl groups is 5. The minimum absolute atomic E-state index is 0.0814. The van der Waals surface area contributed by atoms with Gasteiger partial charge < -0.3 is 45.1 Å². The minimum Gasteiger partial charge on any atom is -0.454 e. The molecule has 8 unspecified atom stereocenters. The van der Waals surface area contributed by atoms with E-state index in [1.165, 1.54) is 167 Å². The summed E-state index contributed by atoms with van der Waals surface area (Å²) >= 11 is 0. The summed E-state index contributed by atoms with van der Waals surface area (Å²) in [6, 6.07) is -1.04. The Hall–Kier alpha value is -3.42. The van der Waals surface area contributed by atoms with E-state index >= 15 is 0 Å². The fourth-order valence-corrected chi connectivity index (χ4v) is 10.8. The van der Waals surface area contributed by atoms with Crippen molar-refractivity contribution in [2.24, 2.45) is 0 Å². The van der Waals surface area contributed by atoms with E-state index < -0.39 is 67.4 Å². The normalized spacial score (nSPS) is 18.8. The highest BCUT2D eigenvalue weighted by atomic mass is 16.7. The molecule has 0 saturated carbocycles. The second kappa shape index (κ2) is 62.8. The highest BCUT2D eigenvalue weighted by Crippen LogP contribution is 2.26. The highest BCUT2D eigenvalue weighted by Gasteiger charge is 2.47. The molecule has 1 saturated heterocycles. The van der Waals surface area contributed by atoms with E-state index in [-0.39, 0.29) is 19.4 Å². The van der Waals surface area contributed by atoms with Crippen molar-refractivity contribution in [1.82, 2.24) is 5.32 Å². The molecule has 1 amide bonds. The summed E-state index contributed by atoms with van der Waals surface area (Å²) in [6.45, 7) is 5.66. The third-order valence-electron chi connectivity index (χ3n) is 16.5. The van der Waals surface area contributed by atoms with Gasteiger partial charge in [-0.15, -0.1) is 0 Å². The number of aliphatic hydroxyl groups excluding tert-OH is 5. The van der Waals surface area contributed by atoms with Gasteiger partial charge in [0.15, 0.2) is 12.4 Å². The van der Waals surface area contributed by atoms with Crippen LogP contribution < -0.4 is 5.32 Å². The van der Waals surface area contributed by atoms with Crippen molar-refractivity contribution in [3.8, 4) is 0 Å². The summed E-state index contributed by atoms with van der Waals surface area (Å²) < 4.78 is 17.7. The van der Waals surface area contributed by atoms with Crippen molar-refractivity contribution in [2.45, 2.75) is 359 Å². The number of allylic oxidation sites excluding steroid dienone is 15. The topological polar surface area (TPSA) is 175 Å². The van der Waals surface area contributed by atoms with E-state index in [0.717, 1.165) is 96.3 Å². The van der Waals surface area contributed by atoms with Crippen LogP contribution in [0.25, 0.3) is 0 Å². The first-order chi connectivity index (χ1) is 42.7. The molecule has 8 atom stereocenters. The van der Waals surface area contributed by atoms with E-state index in [1.807, 2.05) is 6.08 Å². The first-order valence-corrected chi connectivity index (χ1v) is 36.0. The van der Waals surface area contributed by atoms with Crippen LogP contribution in [0.1, 0.15) is 310 Å². The average Bonchev–Trinajstić information content (AvgIpc) is 2.51. The largest absolute Gasteiger partial charge is 0.454 e. The summed E-state index contributed by atoms with van der Waals surface area (Å²) in [7, 11) is 0. The van der Waals surface area contributed by atoms with E-state index in [2.05, 4.69) is 111 Å². The molecule has 1 heterocycles. The zero-order chi connectivity index (χ0) is 63.1. The Morgan fingerprint density at radius 3 is 1.26 bits per heavy atom. The standard InChI is InChI=1S/C76H133NO10/c1-4-7-10-13-16-19-22-25-27-29-31-32-33-34-35-36-37-39-40-42-45-48-51-54-57-60-63-69(80)75(84)77-67(68(79)62-59-56-53-50-47-44-24-21-18-15-12-9-6-3)66-85-76-74(73(83)72(82)70(65-78)86-76)87-71(81)64-61-58-55-52-49-46-43-41-38-30-28-26-23-20-17-14-11-8-5-2/h8,11,16-17,19-20,25-28,38,41,46,49,59,62,67-70,72-74,76,78-80,82-83H,4-7,9-10,12-15,18,21-24,29-37,39-40,42-45,47-48,50-58,60-61,63-66H2,1-3H3,(H,77,84)/b11-8-,19-16-,20-17-,27-25-,28-26-,41-38-,49-46-,62-59+. The molecular weight excluding hydrogens is 1090 g/mol. The number of rotatable bonds is 61. The van der Waals surface area contributed by atoms with Gasteiger partial charge in [0.1, 0.15) is 24.4 Å². The molecule has 1 fully saturated rings. The number of ether oxygens (including phenoxy) is 3. The van der Waals surface area contributed by atoms with Gasteiger partial charge in [0.2, 0.25) is 5.91 Å². The number of amides is 1. The lowest BCUT2D eigenvalue weighted by atomic mass is 9.99. The maximum atomic E-state index is 13.5. The SMILES string of the molecule is CC/C=C\C/C=C\C/C=C\C/C=C\C/C=C\CCCCCC(=O)OC1C(OCC(NC(=O)C(O)CCCCCCCCCCCCCCCCCC/C=C\C/C=C\CCCCC)C(O)/C=C/CCCCCCCCCCCCC)OC(CO)C(O)C1O. The molecule has 6 N–H and O–H groups in total. The van der Waals surface area contributed by atoms with Crippen LogP contribution in [-0.2, 0) is 23.8 Å². The first-order valence-electron chi connectivity index (χ1n) is 36.0. The average molecular weight is 1220 g/mol. The number of carbonyl (C=O) groups is 2. The predicted molar refractivity (Wildman–Crippen MR) is 365 cm³/mol. The van der Waals surface area contributed by atoms with Crippen LogP contribution >= 0.6 is 0 Å². The van der Waals surface area contributed by atoms with Crippen LogP contribution in [0.3, 0.4) is 0 Å². The summed E-state index contributed by atoms with van der Waals surface area (Å²) in [6.07, 6.45) is 74.5. The Balaban J connectivity index is 2.59. The molecule has 0 bridgehead atoms. The van der Waals surface area contributed by atoms with Crippen LogP contribution in [0.15, 0.2) is 97.2 Å². The molecule has 87 heavy (non-hydrogen) atoms. The quantitative estimate of drug-likeness (QED) is 0.0195. The van der Waals surface area contributed by atoms with Crippen LogP contribution in [0.2, 0.25) is 0 Å². The van der Waals surface area contributed by atoms with Crippen LogP contribution in [-0.4, -0.2) is 99.6 Å². The number of esters is 1. The van der Waals surface area contributed by atoms with Gasteiger partial charge in [0.25, 0.3) is 0 Å². The summed E-state index contributed by atoms with van der Waals surface area (Å²) in [5, 5.41) is 57.3. The second-order valence-electron chi connectivity index (χ2n) is 24.6. The Morgan fingerprint density at radius 2 is 0.828 bits per heavy atom. The van der Waals surface area contributed by atoms with Crippen molar-refractivity contribution in [3.63, 3.8) is 0 Å². The summed E-state index contributed by atoms with van der Waals surface area (Å²) in [5.41, 5.74) is 0. The number of carbonyl (C=O) groups excluding carboxylic acids is 2. The third-order valence-corrected chi connectivity index (χ3v) is 16.5.